The van der Waals surface area contributed by atoms with Crippen molar-refractivity contribution in [2.24, 2.45) is 17.3 Å². The molecule has 0 radical (unpaired) electrons. The Labute approximate surface area is 134 Å². The maximum atomic E-state index is 3.69. The molecule has 1 aliphatic rings. The minimum absolute atomic E-state index is 0.585. The molecule has 1 N–H and O–H groups in total. The van der Waals surface area contributed by atoms with E-state index in [9.17, 15) is 0 Å². The molecule has 0 heterocycles. The van der Waals surface area contributed by atoms with Gasteiger partial charge in [0.15, 0.2) is 0 Å². The molecule has 0 saturated heterocycles. The van der Waals surface area contributed by atoms with E-state index in [1.54, 1.807) is 0 Å². The average Bonchev–Trinajstić information content (AvgIpc) is 2.41. The highest BCUT2D eigenvalue weighted by atomic mass is 14.9. The number of nitrogens with one attached hydrogen (secondary N) is 1. The van der Waals surface area contributed by atoms with Crippen molar-refractivity contribution < 1.29 is 0 Å². The second-order valence-corrected chi connectivity index (χ2v) is 8.55. The van der Waals surface area contributed by atoms with Gasteiger partial charge in [-0.25, -0.2) is 0 Å². The lowest BCUT2D eigenvalue weighted by Gasteiger charge is -2.41. The van der Waals surface area contributed by atoms with Crippen molar-refractivity contribution in [2.75, 3.05) is 6.54 Å². The molecule has 1 fully saturated rings. The molecule has 0 aromatic rings. The lowest BCUT2D eigenvalue weighted by molar-refractivity contribution is 0.106. The van der Waals surface area contributed by atoms with Crippen LogP contribution in [0.25, 0.3) is 0 Å². The maximum absolute atomic E-state index is 3.69. The summed E-state index contributed by atoms with van der Waals surface area (Å²) in [5.41, 5.74) is 0.585. The fraction of sp³-hybridized carbons (Fsp3) is 1.00. The van der Waals surface area contributed by atoms with Crippen molar-refractivity contribution in [1.29, 1.82) is 0 Å². The van der Waals surface area contributed by atoms with Gasteiger partial charge in [0.1, 0.15) is 0 Å². The van der Waals surface area contributed by atoms with Crippen molar-refractivity contribution in [3.05, 3.63) is 0 Å². The number of unbranched alkanes of at least 4 members (excludes halogenated alkanes) is 5. The number of hydrogen-bond donors (Lipinski definition) is 1. The summed E-state index contributed by atoms with van der Waals surface area (Å²) in [4.78, 5) is 0. The summed E-state index contributed by atoms with van der Waals surface area (Å²) < 4.78 is 0. The van der Waals surface area contributed by atoms with Crippen LogP contribution in [-0.2, 0) is 0 Å². The highest BCUT2D eigenvalue weighted by Crippen LogP contribution is 2.43. The van der Waals surface area contributed by atoms with Crippen LogP contribution in [0.5, 0.6) is 0 Å². The summed E-state index contributed by atoms with van der Waals surface area (Å²) in [5, 5.41) is 3.69. The molecule has 21 heavy (non-hydrogen) atoms. The Balaban J connectivity index is 2.32. The van der Waals surface area contributed by atoms with Gasteiger partial charge in [0.2, 0.25) is 0 Å². The van der Waals surface area contributed by atoms with Crippen LogP contribution in [0.2, 0.25) is 0 Å². The van der Waals surface area contributed by atoms with Crippen LogP contribution in [0.15, 0.2) is 0 Å². The number of hydrogen-bond acceptors (Lipinski definition) is 1. The summed E-state index contributed by atoms with van der Waals surface area (Å²) in [6.45, 7) is 13.1. The van der Waals surface area contributed by atoms with Crippen molar-refractivity contribution >= 4 is 0 Å². The molecule has 126 valence electrons. The Bertz CT molecular complexity index is 255. The molecule has 2 unspecified atom stereocenters. The zero-order chi connectivity index (χ0) is 15.7. The summed E-state index contributed by atoms with van der Waals surface area (Å²) in [6, 6.07) is 0.634. The van der Waals surface area contributed by atoms with E-state index in [4.69, 9.17) is 0 Å². The van der Waals surface area contributed by atoms with Crippen molar-refractivity contribution in [3.63, 3.8) is 0 Å². The molecule has 0 amide bonds. The fourth-order valence-corrected chi connectivity index (χ4v) is 3.97. The van der Waals surface area contributed by atoms with Gasteiger partial charge in [0, 0.05) is 6.04 Å². The third-order valence-electron chi connectivity index (χ3n) is 5.39. The van der Waals surface area contributed by atoms with E-state index in [-0.39, 0.29) is 0 Å². The topological polar surface area (TPSA) is 12.0 Å². The molecule has 0 bridgehead atoms. The van der Waals surface area contributed by atoms with Crippen molar-refractivity contribution in [3.8, 4) is 0 Å². The van der Waals surface area contributed by atoms with Gasteiger partial charge in [0.25, 0.3) is 0 Å². The third-order valence-corrected chi connectivity index (χ3v) is 5.39. The molecule has 0 spiro atoms. The second-order valence-electron chi connectivity index (χ2n) is 8.55. The lowest BCUT2D eigenvalue weighted by Crippen LogP contribution is -2.38. The third kappa shape index (κ3) is 8.24. The van der Waals surface area contributed by atoms with Gasteiger partial charge in [-0.1, -0.05) is 79.6 Å². The minimum atomic E-state index is 0.585. The summed E-state index contributed by atoms with van der Waals surface area (Å²) in [5.74, 6) is 1.89. The van der Waals surface area contributed by atoms with E-state index in [1.807, 2.05) is 0 Å². The molecule has 0 aromatic carbocycles. The zero-order valence-corrected chi connectivity index (χ0v) is 15.5. The molecular weight excluding hydrogens is 254 g/mol. The van der Waals surface area contributed by atoms with Crippen LogP contribution >= 0.6 is 0 Å². The van der Waals surface area contributed by atoms with Crippen molar-refractivity contribution in [2.45, 2.75) is 105 Å². The first-order valence-corrected chi connectivity index (χ1v) is 9.68. The summed E-state index contributed by atoms with van der Waals surface area (Å²) in [7, 11) is 0. The Kier molecular flexibility index (Phi) is 8.94. The molecule has 1 aliphatic carbocycles. The first kappa shape index (κ1) is 19.0. The van der Waals surface area contributed by atoms with Crippen molar-refractivity contribution in [1.82, 2.24) is 5.32 Å². The Morgan fingerprint density at radius 3 is 2.33 bits per heavy atom. The average molecular weight is 296 g/mol. The zero-order valence-electron chi connectivity index (χ0n) is 15.5. The molecule has 0 aliphatic heterocycles. The molecule has 1 nitrogen and oxygen atoms in total. The summed E-state index contributed by atoms with van der Waals surface area (Å²) in [6.07, 6.45) is 14.4. The van der Waals surface area contributed by atoms with E-state index in [2.05, 4.69) is 39.9 Å². The standard InChI is InChI=1S/C20H41N/c1-6-7-8-9-10-11-12-18-15-20(4,5)14-13-19(18)16-21-17(2)3/h17-19,21H,6-16H2,1-5H3. The highest BCUT2D eigenvalue weighted by Gasteiger charge is 2.34. The Hall–Kier alpha value is -0.0400. The molecule has 1 heteroatoms. The van der Waals surface area contributed by atoms with Crippen LogP contribution in [0.4, 0.5) is 0 Å². The van der Waals surface area contributed by atoms with Crippen LogP contribution < -0.4 is 5.32 Å². The minimum Gasteiger partial charge on any atom is -0.314 e. The second kappa shape index (κ2) is 9.87. The fourth-order valence-electron chi connectivity index (χ4n) is 3.97. The van der Waals surface area contributed by atoms with Gasteiger partial charge in [0.05, 0.1) is 0 Å². The highest BCUT2D eigenvalue weighted by molar-refractivity contribution is 4.86. The van der Waals surface area contributed by atoms with Crippen LogP contribution in [0.3, 0.4) is 0 Å². The van der Waals surface area contributed by atoms with E-state index < -0.39 is 0 Å². The Morgan fingerprint density at radius 2 is 1.67 bits per heavy atom. The molecule has 1 rings (SSSR count). The smallest absolute Gasteiger partial charge is 0.00104 e. The molecule has 1 saturated carbocycles. The first-order chi connectivity index (χ1) is 9.94. The normalized spacial score (nSPS) is 25.4. The predicted molar refractivity (Wildman–Crippen MR) is 95.7 cm³/mol. The largest absolute Gasteiger partial charge is 0.314 e. The van der Waals surface area contributed by atoms with Gasteiger partial charge in [-0.3, -0.25) is 0 Å². The predicted octanol–water partition coefficient (Wildman–Crippen LogP) is 6.18. The van der Waals surface area contributed by atoms with Gasteiger partial charge < -0.3 is 5.32 Å². The van der Waals surface area contributed by atoms with Gasteiger partial charge in [-0.2, -0.15) is 0 Å². The monoisotopic (exact) mass is 295 g/mol. The quantitative estimate of drug-likeness (QED) is 0.475. The first-order valence-electron chi connectivity index (χ1n) is 9.68. The van der Waals surface area contributed by atoms with Gasteiger partial charge >= 0.3 is 0 Å². The number of rotatable bonds is 10. The lowest BCUT2D eigenvalue weighted by atomic mass is 9.65. The van der Waals surface area contributed by atoms with E-state index in [0.29, 0.717) is 11.5 Å². The molecule has 2 atom stereocenters. The van der Waals surface area contributed by atoms with E-state index in [0.717, 1.165) is 11.8 Å². The Morgan fingerprint density at radius 1 is 1.00 bits per heavy atom. The van der Waals surface area contributed by atoms with E-state index >= 15 is 0 Å². The van der Waals surface area contributed by atoms with E-state index in [1.165, 1.54) is 70.8 Å². The molecular formula is C20H41N. The van der Waals surface area contributed by atoms with Crippen LogP contribution in [0, 0.1) is 17.3 Å². The van der Waals surface area contributed by atoms with Gasteiger partial charge in [-0.15, -0.1) is 0 Å². The summed E-state index contributed by atoms with van der Waals surface area (Å²) >= 11 is 0. The van der Waals surface area contributed by atoms with Crippen LogP contribution in [0.1, 0.15) is 98.8 Å². The van der Waals surface area contributed by atoms with Gasteiger partial charge in [-0.05, 0) is 43.1 Å². The maximum Gasteiger partial charge on any atom is 0.00104 e. The van der Waals surface area contributed by atoms with Crippen LogP contribution in [-0.4, -0.2) is 12.6 Å². The SMILES string of the molecule is CCCCCCCCC1CC(C)(C)CCC1CNC(C)C. The molecule has 0 aromatic heterocycles.